The van der Waals surface area contributed by atoms with Crippen molar-refractivity contribution in [2.75, 3.05) is 24.5 Å². The molecule has 0 N–H and O–H groups in total. The fourth-order valence-corrected chi connectivity index (χ4v) is 2.98. The summed E-state index contributed by atoms with van der Waals surface area (Å²) in [6, 6.07) is 9.84. The SMILES string of the molecule is CC(=O)N1CCN(c2cc(Oc3ccccc3C)ncn2)C[C@H]1C. The van der Waals surface area contributed by atoms with Crippen LogP contribution in [0, 0.1) is 6.92 Å². The number of hydrogen-bond acceptors (Lipinski definition) is 5. The topological polar surface area (TPSA) is 58.6 Å². The number of para-hydroxylation sites is 1. The molecule has 1 atom stereocenters. The molecule has 1 aliphatic rings. The van der Waals surface area contributed by atoms with Gasteiger partial charge in [-0.05, 0) is 25.5 Å². The summed E-state index contributed by atoms with van der Waals surface area (Å²) in [4.78, 5) is 24.2. The van der Waals surface area contributed by atoms with Crippen molar-refractivity contribution in [1.82, 2.24) is 14.9 Å². The van der Waals surface area contributed by atoms with Gasteiger partial charge < -0.3 is 14.5 Å². The zero-order valence-corrected chi connectivity index (χ0v) is 14.3. The highest BCUT2D eigenvalue weighted by Crippen LogP contribution is 2.25. The summed E-state index contributed by atoms with van der Waals surface area (Å²) in [6.45, 7) is 7.88. The van der Waals surface area contributed by atoms with Crippen molar-refractivity contribution in [2.24, 2.45) is 0 Å². The first-order valence-electron chi connectivity index (χ1n) is 8.12. The first kappa shape index (κ1) is 16.2. The van der Waals surface area contributed by atoms with Crippen molar-refractivity contribution >= 4 is 11.7 Å². The number of benzene rings is 1. The molecule has 2 aromatic rings. The molecule has 1 saturated heterocycles. The molecule has 3 rings (SSSR count). The van der Waals surface area contributed by atoms with Crippen LogP contribution in [0.15, 0.2) is 36.7 Å². The number of amides is 1. The Labute approximate surface area is 142 Å². The lowest BCUT2D eigenvalue weighted by Crippen LogP contribution is -2.53. The van der Waals surface area contributed by atoms with E-state index in [0.717, 1.165) is 30.2 Å². The monoisotopic (exact) mass is 326 g/mol. The summed E-state index contributed by atoms with van der Waals surface area (Å²) in [7, 11) is 0. The summed E-state index contributed by atoms with van der Waals surface area (Å²) in [6.07, 6.45) is 1.52. The van der Waals surface area contributed by atoms with Crippen LogP contribution < -0.4 is 9.64 Å². The van der Waals surface area contributed by atoms with E-state index in [-0.39, 0.29) is 11.9 Å². The summed E-state index contributed by atoms with van der Waals surface area (Å²) < 4.78 is 5.88. The number of carbonyl (C=O) groups excluding carboxylic acids is 1. The van der Waals surface area contributed by atoms with Gasteiger partial charge in [-0.25, -0.2) is 9.97 Å². The molecule has 1 fully saturated rings. The Morgan fingerprint density at radius 1 is 1.25 bits per heavy atom. The number of nitrogens with zero attached hydrogens (tertiary/aromatic N) is 4. The predicted molar refractivity (Wildman–Crippen MR) is 92.3 cm³/mol. The molecule has 0 radical (unpaired) electrons. The highest BCUT2D eigenvalue weighted by molar-refractivity contribution is 5.74. The third kappa shape index (κ3) is 3.48. The second kappa shape index (κ2) is 6.86. The number of anilines is 1. The Hall–Kier alpha value is -2.63. The van der Waals surface area contributed by atoms with Gasteiger partial charge in [0, 0.05) is 38.7 Å². The summed E-state index contributed by atoms with van der Waals surface area (Å²) >= 11 is 0. The molecule has 6 heteroatoms. The number of aryl methyl sites for hydroxylation is 1. The smallest absolute Gasteiger partial charge is 0.224 e. The highest BCUT2D eigenvalue weighted by Gasteiger charge is 2.26. The zero-order valence-electron chi connectivity index (χ0n) is 14.3. The third-order valence-electron chi connectivity index (χ3n) is 4.29. The molecule has 2 heterocycles. The Bertz CT molecular complexity index is 734. The molecule has 0 unspecified atom stereocenters. The standard InChI is InChI=1S/C18H22N4O2/c1-13-6-4-5-7-16(13)24-18-10-17(19-12-20-18)21-8-9-22(15(3)23)14(2)11-21/h4-7,10,12,14H,8-9,11H2,1-3H3/t14-/m1/s1. The molecule has 24 heavy (non-hydrogen) atoms. The van der Waals surface area contributed by atoms with Gasteiger partial charge in [-0.2, -0.15) is 0 Å². The molecule has 0 aliphatic carbocycles. The van der Waals surface area contributed by atoms with Crippen LogP contribution >= 0.6 is 0 Å². The zero-order chi connectivity index (χ0) is 17.1. The minimum atomic E-state index is 0.119. The third-order valence-corrected chi connectivity index (χ3v) is 4.29. The lowest BCUT2D eigenvalue weighted by molar-refractivity contribution is -0.131. The Balaban J connectivity index is 1.74. The average Bonchev–Trinajstić information content (AvgIpc) is 2.57. The maximum Gasteiger partial charge on any atom is 0.224 e. The number of piperazine rings is 1. The molecule has 1 amide bonds. The van der Waals surface area contributed by atoms with Crippen LogP contribution in [0.1, 0.15) is 19.4 Å². The lowest BCUT2D eigenvalue weighted by Gasteiger charge is -2.39. The fourth-order valence-electron chi connectivity index (χ4n) is 2.98. The van der Waals surface area contributed by atoms with Crippen LogP contribution in [-0.2, 0) is 4.79 Å². The van der Waals surface area contributed by atoms with Gasteiger partial charge in [0.05, 0.1) is 0 Å². The van der Waals surface area contributed by atoms with Gasteiger partial charge in [0.1, 0.15) is 17.9 Å². The van der Waals surface area contributed by atoms with Crippen LogP contribution in [0.2, 0.25) is 0 Å². The first-order chi connectivity index (χ1) is 11.5. The number of aromatic nitrogens is 2. The molecule has 6 nitrogen and oxygen atoms in total. The number of ether oxygens (including phenoxy) is 1. The first-order valence-corrected chi connectivity index (χ1v) is 8.12. The lowest BCUT2D eigenvalue weighted by atomic mass is 10.2. The number of rotatable bonds is 3. The van der Waals surface area contributed by atoms with E-state index in [1.54, 1.807) is 6.92 Å². The van der Waals surface area contributed by atoms with Crippen LogP contribution in [0.25, 0.3) is 0 Å². The van der Waals surface area contributed by atoms with E-state index in [4.69, 9.17) is 4.74 Å². The molecule has 0 spiro atoms. The van der Waals surface area contributed by atoms with E-state index in [2.05, 4.69) is 21.8 Å². The van der Waals surface area contributed by atoms with Crippen LogP contribution in [0.4, 0.5) is 5.82 Å². The largest absolute Gasteiger partial charge is 0.439 e. The fraction of sp³-hybridized carbons (Fsp3) is 0.389. The van der Waals surface area contributed by atoms with Gasteiger partial charge in [-0.1, -0.05) is 18.2 Å². The Morgan fingerprint density at radius 3 is 2.75 bits per heavy atom. The van der Waals surface area contributed by atoms with Gasteiger partial charge in [0.2, 0.25) is 11.8 Å². The maximum absolute atomic E-state index is 11.6. The van der Waals surface area contributed by atoms with Crippen molar-refractivity contribution in [3.8, 4) is 11.6 Å². The summed E-state index contributed by atoms with van der Waals surface area (Å²) in [5.74, 6) is 2.25. The molecule has 1 aliphatic heterocycles. The minimum absolute atomic E-state index is 0.119. The van der Waals surface area contributed by atoms with E-state index >= 15 is 0 Å². The predicted octanol–water partition coefficient (Wildman–Crippen LogP) is 2.63. The van der Waals surface area contributed by atoms with Crippen molar-refractivity contribution in [2.45, 2.75) is 26.8 Å². The van der Waals surface area contributed by atoms with Crippen LogP contribution in [0.3, 0.4) is 0 Å². The van der Waals surface area contributed by atoms with Crippen molar-refractivity contribution < 1.29 is 9.53 Å². The number of hydrogen-bond donors (Lipinski definition) is 0. The summed E-state index contributed by atoms with van der Waals surface area (Å²) in [5.41, 5.74) is 1.06. The van der Waals surface area contributed by atoms with E-state index in [9.17, 15) is 4.79 Å². The van der Waals surface area contributed by atoms with Crippen molar-refractivity contribution in [3.05, 3.63) is 42.2 Å². The minimum Gasteiger partial charge on any atom is -0.439 e. The average molecular weight is 326 g/mol. The normalized spacial score (nSPS) is 17.7. The van der Waals surface area contributed by atoms with Crippen LogP contribution in [0.5, 0.6) is 11.6 Å². The highest BCUT2D eigenvalue weighted by atomic mass is 16.5. The molecular weight excluding hydrogens is 304 g/mol. The number of carbonyl (C=O) groups is 1. The Morgan fingerprint density at radius 2 is 2.04 bits per heavy atom. The van der Waals surface area contributed by atoms with E-state index < -0.39 is 0 Å². The van der Waals surface area contributed by atoms with Gasteiger partial charge in [-0.3, -0.25) is 4.79 Å². The quantitative estimate of drug-likeness (QED) is 0.868. The van der Waals surface area contributed by atoms with Gasteiger partial charge in [0.25, 0.3) is 0 Å². The van der Waals surface area contributed by atoms with Crippen LogP contribution in [-0.4, -0.2) is 46.5 Å². The van der Waals surface area contributed by atoms with Crippen molar-refractivity contribution in [1.29, 1.82) is 0 Å². The molecule has 0 saturated carbocycles. The van der Waals surface area contributed by atoms with Gasteiger partial charge >= 0.3 is 0 Å². The van der Waals surface area contributed by atoms with E-state index in [1.165, 1.54) is 6.33 Å². The molecule has 1 aromatic carbocycles. The van der Waals surface area contributed by atoms with Crippen molar-refractivity contribution in [3.63, 3.8) is 0 Å². The summed E-state index contributed by atoms with van der Waals surface area (Å²) in [5, 5.41) is 0. The maximum atomic E-state index is 11.6. The molecular formula is C18H22N4O2. The molecule has 126 valence electrons. The van der Waals surface area contributed by atoms with Gasteiger partial charge in [-0.15, -0.1) is 0 Å². The molecule has 0 bridgehead atoms. The second-order valence-corrected chi connectivity index (χ2v) is 6.09. The van der Waals surface area contributed by atoms with E-state index in [1.807, 2.05) is 42.2 Å². The molecule has 1 aromatic heterocycles. The van der Waals surface area contributed by atoms with Gasteiger partial charge in [0.15, 0.2) is 0 Å². The van der Waals surface area contributed by atoms with E-state index in [0.29, 0.717) is 12.4 Å². The second-order valence-electron chi connectivity index (χ2n) is 6.09. The Kier molecular flexibility index (Phi) is 4.64.